The standard InChI is InChI=1S/C17H25N3O6/c1-11(2)12(3)19-16(21)10-26-17(22)13-5-6-14(18-7-8-25-4)15(9-13)20(23)24/h5-6,9,11-12,18H,7-8,10H2,1-4H3,(H,19,21)/t12-/m1/s1. The molecule has 0 aliphatic heterocycles. The molecule has 0 fully saturated rings. The molecule has 0 radical (unpaired) electrons. The second-order valence-corrected chi connectivity index (χ2v) is 6.08. The lowest BCUT2D eigenvalue weighted by atomic mass is 10.1. The Morgan fingerprint density at radius 3 is 2.54 bits per heavy atom. The summed E-state index contributed by atoms with van der Waals surface area (Å²) >= 11 is 0. The van der Waals surface area contributed by atoms with E-state index in [-0.39, 0.29) is 28.9 Å². The fourth-order valence-electron chi connectivity index (χ4n) is 1.92. The van der Waals surface area contributed by atoms with Gasteiger partial charge < -0.3 is 20.1 Å². The van der Waals surface area contributed by atoms with E-state index in [1.54, 1.807) is 0 Å². The van der Waals surface area contributed by atoms with Gasteiger partial charge in [0.1, 0.15) is 5.69 Å². The van der Waals surface area contributed by atoms with Crippen LogP contribution in [0.2, 0.25) is 0 Å². The summed E-state index contributed by atoms with van der Waals surface area (Å²) in [6.07, 6.45) is 0. The summed E-state index contributed by atoms with van der Waals surface area (Å²) in [5.41, 5.74) is 0.0132. The molecule has 1 amide bonds. The minimum atomic E-state index is -0.802. The predicted molar refractivity (Wildman–Crippen MR) is 96.2 cm³/mol. The highest BCUT2D eigenvalue weighted by molar-refractivity contribution is 5.93. The van der Waals surface area contributed by atoms with Crippen molar-refractivity contribution in [2.24, 2.45) is 5.92 Å². The van der Waals surface area contributed by atoms with Gasteiger partial charge in [-0.3, -0.25) is 14.9 Å². The molecule has 0 spiro atoms. The molecule has 2 N–H and O–H groups in total. The van der Waals surface area contributed by atoms with Crippen molar-refractivity contribution in [3.63, 3.8) is 0 Å². The normalized spacial score (nSPS) is 11.7. The first kappa shape index (κ1) is 21.4. The number of esters is 1. The fourth-order valence-corrected chi connectivity index (χ4v) is 1.92. The lowest BCUT2D eigenvalue weighted by molar-refractivity contribution is -0.384. The predicted octanol–water partition coefficient (Wildman–Crippen LogP) is 1.97. The van der Waals surface area contributed by atoms with E-state index in [2.05, 4.69) is 10.6 Å². The average molecular weight is 367 g/mol. The molecule has 0 aliphatic rings. The SMILES string of the molecule is COCCNc1ccc(C(=O)OCC(=O)N[C@H](C)C(C)C)cc1[N+](=O)[O-]. The number of amides is 1. The topological polar surface area (TPSA) is 120 Å². The van der Waals surface area contributed by atoms with Crippen LogP contribution in [-0.4, -0.2) is 49.7 Å². The number of methoxy groups -OCH3 is 1. The molecule has 0 aromatic heterocycles. The van der Waals surface area contributed by atoms with E-state index in [1.807, 2.05) is 20.8 Å². The Morgan fingerprint density at radius 1 is 1.27 bits per heavy atom. The van der Waals surface area contributed by atoms with Crippen LogP contribution in [0.3, 0.4) is 0 Å². The molecule has 0 heterocycles. The first-order chi connectivity index (χ1) is 12.3. The van der Waals surface area contributed by atoms with Crippen LogP contribution in [0.15, 0.2) is 18.2 Å². The van der Waals surface area contributed by atoms with Crippen LogP contribution in [0.1, 0.15) is 31.1 Å². The van der Waals surface area contributed by atoms with Gasteiger partial charge in [0, 0.05) is 25.8 Å². The Kier molecular flexibility index (Phi) is 8.50. The Hall–Kier alpha value is -2.68. The maximum Gasteiger partial charge on any atom is 0.338 e. The van der Waals surface area contributed by atoms with Gasteiger partial charge in [-0.25, -0.2) is 4.79 Å². The van der Waals surface area contributed by atoms with Gasteiger partial charge in [0.25, 0.3) is 11.6 Å². The number of anilines is 1. The van der Waals surface area contributed by atoms with Gasteiger partial charge in [0.05, 0.1) is 17.1 Å². The molecule has 9 nitrogen and oxygen atoms in total. The van der Waals surface area contributed by atoms with E-state index < -0.39 is 23.4 Å². The van der Waals surface area contributed by atoms with Crippen LogP contribution in [-0.2, 0) is 14.3 Å². The monoisotopic (exact) mass is 367 g/mol. The summed E-state index contributed by atoms with van der Waals surface area (Å²) in [7, 11) is 1.52. The zero-order valence-corrected chi connectivity index (χ0v) is 15.4. The Morgan fingerprint density at radius 2 is 1.96 bits per heavy atom. The van der Waals surface area contributed by atoms with Gasteiger partial charge in [-0.2, -0.15) is 0 Å². The van der Waals surface area contributed by atoms with Crippen molar-refractivity contribution in [3.8, 4) is 0 Å². The van der Waals surface area contributed by atoms with Crippen molar-refractivity contribution in [1.82, 2.24) is 5.32 Å². The van der Waals surface area contributed by atoms with Gasteiger partial charge in [-0.15, -0.1) is 0 Å². The van der Waals surface area contributed by atoms with E-state index >= 15 is 0 Å². The first-order valence-corrected chi connectivity index (χ1v) is 8.24. The van der Waals surface area contributed by atoms with Crippen LogP contribution in [0.5, 0.6) is 0 Å². The van der Waals surface area contributed by atoms with E-state index in [4.69, 9.17) is 9.47 Å². The molecule has 0 saturated carbocycles. The smallest absolute Gasteiger partial charge is 0.338 e. The molecule has 144 valence electrons. The molecular formula is C17H25N3O6. The fraction of sp³-hybridized carbons (Fsp3) is 0.529. The Bertz CT molecular complexity index is 647. The molecule has 9 heteroatoms. The maximum atomic E-state index is 12.1. The second-order valence-electron chi connectivity index (χ2n) is 6.08. The number of benzene rings is 1. The van der Waals surface area contributed by atoms with Gasteiger partial charge >= 0.3 is 5.97 Å². The number of nitro groups is 1. The van der Waals surface area contributed by atoms with Gasteiger partial charge in [-0.05, 0) is 25.0 Å². The molecule has 0 bridgehead atoms. The van der Waals surface area contributed by atoms with Gasteiger partial charge in [0.15, 0.2) is 6.61 Å². The number of nitrogens with one attached hydrogen (secondary N) is 2. The summed E-state index contributed by atoms with van der Waals surface area (Å²) in [4.78, 5) is 34.4. The van der Waals surface area contributed by atoms with Crippen molar-refractivity contribution in [3.05, 3.63) is 33.9 Å². The number of nitro benzene ring substituents is 1. The van der Waals surface area contributed by atoms with E-state index in [0.29, 0.717) is 13.2 Å². The molecule has 0 aliphatic carbocycles. The summed E-state index contributed by atoms with van der Waals surface area (Å²) < 4.78 is 9.81. The third kappa shape index (κ3) is 6.67. The van der Waals surface area contributed by atoms with Crippen LogP contribution in [0, 0.1) is 16.0 Å². The minimum absolute atomic E-state index is 0.00120. The van der Waals surface area contributed by atoms with Crippen molar-refractivity contribution in [2.75, 3.05) is 32.2 Å². The minimum Gasteiger partial charge on any atom is -0.452 e. The molecule has 1 aromatic carbocycles. The highest BCUT2D eigenvalue weighted by Gasteiger charge is 2.19. The number of ether oxygens (including phenoxy) is 2. The second kappa shape index (κ2) is 10.3. The summed E-state index contributed by atoms with van der Waals surface area (Å²) in [5, 5.41) is 16.8. The quantitative estimate of drug-likeness (QED) is 0.281. The highest BCUT2D eigenvalue weighted by Crippen LogP contribution is 2.25. The van der Waals surface area contributed by atoms with E-state index in [0.717, 1.165) is 6.07 Å². The molecule has 1 rings (SSSR count). The summed E-state index contributed by atoms with van der Waals surface area (Å²) in [6, 6.07) is 3.89. The molecule has 0 saturated heterocycles. The van der Waals surface area contributed by atoms with Crippen LogP contribution in [0.25, 0.3) is 0 Å². The van der Waals surface area contributed by atoms with Crippen LogP contribution >= 0.6 is 0 Å². The summed E-state index contributed by atoms with van der Waals surface area (Å²) in [5.74, 6) is -0.980. The molecule has 26 heavy (non-hydrogen) atoms. The van der Waals surface area contributed by atoms with Gasteiger partial charge in [0.2, 0.25) is 0 Å². The average Bonchev–Trinajstić information content (AvgIpc) is 2.59. The van der Waals surface area contributed by atoms with Crippen molar-refractivity contribution < 1.29 is 24.0 Å². The molecular weight excluding hydrogens is 342 g/mol. The maximum absolute atomic E-state index is 12.1. The van der Waals surface area contributed by atoms with Gasteiger partial charge in [-0.1, -0.05) is 13.8 Å². The molecule has 1 atom stereocenters. The molecule has 1 aromatic rings. The van der Waals surface area contributed by atoms with Crippen LogP contribution in [0.4, 0.5) is 11.4 Å². The largest absolute Gasteiger partial charge is 0.452 e. The number of carbonyl (C=O) groups excluding carboxylic acids is 2. The van der Waals surface area contributed by atoms with Crippen molar-refractivity contribution >= 4 is 23.3 Å². The number of rotatable bonds is 10. The highest BCUT2D eigenvalue weighted by atomic mass is 16.6. The lowest BCUT2D eigenvalue weighted by Gasteiger charge is -2.17. The number of nitrogens with zero attached hydrogens (tertiary/aromatic N) is 1. The van der Waals surface area contributed by atoms with Crippen molar-refractivity contribution in [1.29, 1.82) is 0 Å². The number of hydrogen-bond donors (Lipinski definition) is 2. The van der Waals surface area contributed by atoms with Crippen molar-refractivity contribution in [2.45, 2.75) is 26.8 Å². The zero-order valence-electron chi connectivity index (χ0n) is 15.4. The first-order valence-electron chi connectivity index (χ1n) is 8.24. The molecule has 0 unspecified atom stereocenters. The van der Waals surface area contributed by atoms with E-state index in [1.165, 1.54) is 19.2 Å². The number of carbonyl (C=O) groups is 2. The Balaban J connectivity index is 2.72. The van der Waals surface area contributed by atoms with E-state index in [9.17, 15) is 19.7 Å². The third-order valence-electron chi connectivity index (χ3n) is 3.77. The Labute approximate surface area is 152 Å². The zero-order chi connectivity index (χ0) is 19.7. The summed E-state index contributed by atoms with van der Waals surface area (Å²) in [6.45, 7) is 6.08. The third-order valence-corrected chi connectivity index (χ3v) is 3.77. The lowest BCUT2D eigenvalue weighted by Crippen LogP contribution is -2.38. The number of hydrogen-bond acceptors (Lipinski definition) is 7. The van der Waals surface area contributed by atoms with Crippen LogP contribution < -0.4 is 10.6 Å².